The van der Waals surface area contributed by atoms with Crippen LogP contribution < -0.4 is 5.32 Å². The van der Waals surface area contributed by atoms with E-state index in [2.05, 4.69) is 62.6 Å². The molecule has 0 radical (unpaired) electrons. The molecule has 1 aliphatic heterocycles. The van der Waals surface area contributed by atoms with E-state index in [1.54, 1.807) is 11.1 Å². The Morgan fingerprint density at radius 1 is 1.14 bits per heavy atom. The van der Waals surface area contributed by atoms with Crippen molar-refractivity contribution in [2.45, 2.75) is 83.7 Å². The topological polar surface area (TPSA) is 108 Å². The molecule has 35 heavy (non-hydrogen) atoms. The molecule has 1 heterocycles. The fraction of sp³-hybridized carbons (Fsp3) is 0.607. The number of carboxylic acid groups (broad SMARTS) is 2. The third-order valence-corrected chi connectivity index (χ3v) is 8.03. The zero-order chi connectivity index (χ0) is 25.6. The summed E-state index contributed by atoms with van der Waals surface area (Å²) in [7, 11) is 0. The number of aryl methyl sites for hydroxylation is 1. The third kappa shape index (κ3) is 6.51. The van der Waals surface area contributed by atoms with Crippen LogP contribution >= 0.6 is 0 Å². The number of oxime groups is 1. The van der Waals surface area contributed by atoms with Crippen LogP contribution in [0.25, 0.3) is 0 Å². The van der Waals surface area contributed by atoms with E-state index in [1.165, 1.54) is 37.7 Å². The lowest BCUT2D eigenvalue weighted by Crippen LogP contribution is -2.49. The lowest BCUT2D eigenvalue weighted by atomic mass is 9.50. The molecular formula is C28H40N2O5. The summed E-state index contributed by atoms with van der Waals surface area (Å²) in [5.74, 6) is -1.27. The summed E-state index contributed by atoms with van der Waals surface area (Å²) < 4.78 is 0. The Balaban J connectivity index is 0.000000371. The van der Waals surface area contributed by atoms with E-state index in [4.69, 9.17) is 15.1 Å². The van der Waals surface area contributed by atoms with Crippen LogP contribution in [-0.4, -0.2) is 47.6 Å². The number of fused-ring (bicyclic) bond motifs is 3. The summed E-state index contributed by atoms with van der Waals surface area (Å²) in [5.41, 5.74) is 5.07. The van der Waals surface area contributed by atoms with Gasteiger partial charge in [-0.2, -0.15) is 0 Å². The van der Waals surface area contributed by atoms with E-state index in [0.717, 1.165) is 19.5 Å². The molecule has 2 fully saturated rings. The highest BCUT2D eigenvalue weighted by Crippen LogP contribution is 2.56. The maximum atomic E-state index is 9.55. The van der Waals surface area contributed by atoms with Crippen molar-refractivity contribution < 1.29 is 24.6 Å². The summed E-state index contributed by atoms with van der Waals surface area (Å²) in [6.45, 7) is 11.5. The normalized spacial score (nSPS) is 30.0. The van der Waals surface area contributed by atoms with Crippen LogP contribution in [0.2, 0.25) is 0 Å². The van der Waals surface area contributed by atoms with Gasteiger partial charge in [-0.15, -0.1) is 0 Å². The van der Waals surface area contributed by atoms with Crippen molar-refractivity contribution in [3.8, 4) is 0 Å². The molecule has 2 aliphatic carbocycles. The largest absolute Gasteiger partial charge is 0.478 e. The summed E-state index contributed by atoms with van der Waals surface area (Å²) >= 11 is 0. The maximum absolute atomic E-state index is 9.55. The predicted molar refractivity (Wildman–Crippen MR) is 137 cm³/mol. The highest BCUT2D eigenvalue weighted by molar-refractivity contribution is 5.89. The van der Waals surface area contributed by atoms with E-state index in [-0.39, 0.29) is 16.9 Å². The van der Waals surface area contributed by atoms with Gasteiger partial charge in [0.1, 0.15) is 6.10 Å². The molecule has 7 nitrogen and oxygen atoms in total. The number of hydrogen-bond donors (Lipinski definition) is 3. The number of aliphatic carboxylic acids is 2. The van der Waals surface area contributed by atoms with Crippen LogP contribution in [0, 0.1) is 11.3 Å². The van der Waals surface area contributed by atoms with Gasteiger partial charge in [0.15, 0.2) is 0 Å². The molecule has 0 amide bonds. The highest BCUT2D eigenvalue weighted by Gasteiger charge is 2.51. The third-order valence-electron chi connectivity index (χ3n) is 8.03. The summed E-state index contributed by atoms with van der Waals surface area (Å²) in [6.07, 6.45) is 10.9. The number of rotatable bonds is 6. The predicted octanol–water partition coefficient (Wildman–Crippen LogP) is 4.90. The molecule has 1 saturated carbocycles. The van der Waals surface area contributed by atoms with Crippen molar-refractivity contribution in [3.63, 3.8) is 0 Å². The fourth-order valence-corrected chi connectivity index (χ4v) is 6.17. The Labute approximate surface area is 208 Å². The molecular weight excluding hydrogens is 444 g/mol. The van der Waals surface area contributed by atoms with E-state index >= 15 is 0 Å². The molecule has 7 heteroatoms. The van der Waals surface area contributed by atoms with Crippen LogP contribution in [0.3, 0.4) is 0 Å². The molecule has 0 aromatic heterocycles. The Bertz CT molecular complexity index is 950. The van der Waals surface area contributed by atoms with Gasteiger partial charge < -0.3 is 20.4 Å². The van der Waals surface area contributed by atoms with Crippen molar-refractivity contribution in [3.05, 3.63) is 47.0 Å². The second kappa shape index (κ2) is 11.4. The van der Waals surface area contributed by atoms with Gasteiger partial charge in [-0.05, 0) is 66.2 Å². The Kier molecular flexibility index (Phi) is 8.75. The Hall–Kier alpha value is -2.67. The maximum Gasteiger partial charge on any atom is 0.328 e. The number of hydrogen-bond acceptors (Lipinski definition) is 5. The lowest BCUT2D eigenvalue weighted by Gasteiger charge is -2.54. The van der Waals surface area contributed by atoms with E-state index < -0.39 is 11.9 Å². The van der Waals surface area contributed by atoms with Crippen LogP contribution in [0.5, 0.6) is 0 Å². The van der Waals surface area contributed by atoms with Gasteiger partial charge in [0.05, 0.1) is 0 Å². The second-order valence-corrected chi connectivity index (χ2v) is 10.9. The van der Waals surface area contributed by atoms with Gasteiger partial charge in [0.25, 0.3) is 0 Å². The zero-order valence-corrected chi connectivity index (χ0v) is 21.4. The lowest BCUT2D eigenvalue weighted by molar-refractivity contribution is -0.134. The van der Waals surface area contributed by atoms with Gasteiger partial charge >= 0.3 is 11.9 Å². The Morgan fingerprint density at radius 3 is 2.46 bits per heavy atom. The zero-order valence-electron chi connectivity index (χ0n) is 21.4. The Morgan fingerprint density at radius 2 is 1.86 bits per heavy atom. The smallest absolute Gasteiger partial charge is 0.328 e. The van der Waals surface area contributed by atoms with Gasteiger partial charge in [0.2, 0.25) is 0 Å². The molecule has 0 spiro atoms. The fourth-order valence-electron chi connectivity index (χ4n) is 6.17. The van der Waals surface area contributed by atoms with Crippen LogP contribution in [0.4, 0.5) is 0 Å². The monoisotopic (exact) mass is 484 g/mol. The van der Waals surface area contributed by atoms with Gasteiger partial charge in [-0.25, -0.2) is 9.59 Å². The van der Waals surface area contributed by atoms with Crippen LogP contribution in [-0.2, 0) is 26.3 Å². The molecule has 0 unspecified atom stereocenters. The first-order valence-electron chi connectivity index (χ1n) is 12.7. The summed E-state index contributed by atoms with van der Waals surface area (Å²) in [4.78, 5) is 24.9. The molecule has 3 aliphatic rings. The molecule has 1 aromatic rings. The van der Waals surface area contributed by atoms with Crippen molar-refractivity contribution in [1.82, 2.24) is 5.32 Å². The standard InChI is InChI=1S/C24H36N2O.C4H4O4/c1-17(2)18-6-8-21-19(14-18)7-9-22-23(3,11-5-12-24(21,22)4)16-26-27-20-10-13-25-15-20;5-3(6)1-2-4(7)8/h6,8,14,16-17,20,22,25H,5,7,9-13,15H2,1-4H3;1-2H,(H,5,6)(H,7,8)/b26-16+;2-1+/t20-,22+,23+,24-;/m1./s1. The van der Waals surface area contributed by atoms with Crippen molar-refractivity contribution in [2.24, 2.45) is 16.5 Å². The van der Waals surface area contributed by atoms with E-state index in [9.17, 15) is 9.59 Å². The van der Waals surface area contributed by atoms with Gasteiger partial charge in [-0.1, -0.05) is 57.5 Å². The summed E-state index contributed by atoms with van der Waals surface area (Å²) in [5, 5.41) is 23.5. The van der Waals surface area contributed by atoms with Crippen LogP contribution in [0.1, 0.15) is 82.4 Å². The molecule has 0 bridgehead atoms. The van der Waals surface area contributed by atoms with E-state index in [1.807, 2.05) is 0 Å². The van der Waals surface area contributed by atoms with Gasteiger partial charge in [-0.3, -0.25) is 0 Å². The number of carbonyl (C=O) groups is 2. The van der Waals surface area contributed by atoms with Crippen molar-refractivity contribution in [2.75, 3.05) is 13.1 Å². The van der Waals surface area contributed by atoms with Crippen molar-refractivity contribution >= 4 is 18.2 Å². The first-order chi connectivity index (χ1) is 16.5. The minimum Gasteiger partial charge on any atom is -0.478 e. The first kappa shape index (κ1) is 26.9. The highest BCUT2D eigenvalue weighted by atomic mass is 16.6. The molecule has 192 valence electrons. The molecule has 3 N–H and O–H groups in total. The van der Waals surface area contributed by atoms with E-state index in [0.29, 0.717) is 24.0 Å². The average Bonchev–Trinajstić information content (AvgIpc) is 3.31. The SMILES string of the molecule is CC(C)c1ccc2c(c1)CC[C@H]1[C@](C)(/C=N/O[C@@H]3CCNC3)CCC[C@]21C.O=C(O)/C=C/C(=O)O. The molecule has 4 rings (SSSR count). The number of nitrogens with zero attached hydrogens (tertiary/aromatic N) is 1. The molecule has 1 aromatic carbocycles. The summed E-state index contributed by atoms with van der Waals surface area (Å²) in [6, 6.07) is 7.30. The number of carboxylic acids is 2. The van der Waals surface area contributed by atoms with Crippen molar-refractivity contribution in [1.29, 1.82) is 0 Å². The molecule has 1 saturated heterocycles. The first-order valence-corrected chi connectivity index (χ1v) is 12.7. The number of benzene rings is 1. The minimum atomic E-state index is -1.26. The quantitative estimate of drug-likeness (QED) is 0.301. The number of nitrogens with one attached hydrogen (secondary N) is 1. The minimum absolute atomic E-state index is 0.132. The average molecular weight is 485 g/mol. The molecule has 4 atom stereocenters. The second-order valence-electron chi connectivity index (χ2n) is 10.9. The van der Waals surface area contributed by atoms with Gasteiger partial charge in [0, 0.05) is 36.7 Å². The van der Waals surface area contributed by atoms with Crippen LogP contribution in [0.15, 0.2) is 35.5 Å².